The smallest absolute Gasteiger partial charge is 0.325 e. The van der Waals surface area contributed by atoms with Crippen molar-refractivity contribution in [3.05, 3.63) is 29.8 Å². The Morgan fingerprint density at radius 2 is 1.62 bits per heavy atom. The molecule has 1 aliphatic heterocycles. The van der Waals surface area contributed by atoms with Gasteiger partial charge in [-0.3, -0.25) is 19.3 Å². The van der Waals surface area contributed by atoms with Gasteiger partial charge in [0.1, 0.15) is 6.54 Å². The first-order valence-corrected chi connectivity index (χ1v) is 7.96. The Bertz CT molecular complexity index is 669. The predicted molar refractivity (Wildman–Crippen MR) is 88.3 cm³/mol. The van der Waals surface area contributed by atoms with Crippen LogP contribution in [0, 0.1) is 0 Å². The molecule has 1 fully saturated rings. The summed E-state index contributed by atoms with van der Waals surface area (Å²) in [5, 5.41) is 2.63. The maximum absolute atomic E-state index is 12.0. The van der Waals surface area contributed by atoms with E-state index in [-0.39, 0.29) is 6.54 Å². The third-order valence-corrected chi connectivity index (χ3v) is 4.13. The standard InChI is InChI=1S/C17H21N3O4/c1-4-11(3)12-6-8-13(9-7-12)18-14(21)10-20-16(23)15(22)19(5-2)17(20)24/h6-9,11H,4-5,10H2,1-3H3,(H,18,21)/t11-/m1/s1. The number of likely N-dealkylation sites (N-methyl/N-ethyl adjacent to an activating group) is 1. The number of rotatable bonds is 6. The van der Waals surface area contributed by atoms with Gasteiger partial charge in [0.2, 0.25) is 5.91 Å². The second kappa shape index (κ2) is 7.25. The van der Waals surface area contributed by atoms with E-state index in [1.165, 1.54) is 5.56 Å². The molecule has 1 N–H and O–H groups in total. The summed E-state index contributed by atoms with van der Waals surface area (Å²) in [6, 6.07) is 6.65. The predicted octanol–water partition coefficient (Wildman–Crippen LogP) is 1.95. The number of benzene rings is 1. The van der Waals surface area contributed by atoms with Gasteiger partial charge < -0.3 is 5.32 Å². The van der Waals surface area contributed by atoms with Crippen molar-refractivity contribution in [1.29, 1.82) is 0 Å². The summed E-state index contributed by atoms with van der Waals surface area (Å²) in [6.07, 6.45) is 1.02. The van der Waals surface area contributed by atoms with Crippen LogP contribution in [0.25, 0.3) is 0 Å². The molecule has 0 aromatic heterocycles. The Morgan fingerprint density at radius 3 is 2.12 bits per heavy atom. The van der Waals surface area contributed by atoms with E-state index < -0.39 is 30.3 Å². The summed E-state index contributed by atoms with van der Waals surface area (Å²) in [6.45, 7) is 5.43. The molecule has 1 aromatic rings. The van der Waals surface area contributed by atoms with Gasteiger partial charge in [0, 0.05) is 12.2 Å². The quantitative estimate of drug-likeness (QED) is 0.637. The molecule has 24 heavy (non-hydrogen) atoms. The molecule has 0 spiro atoms. The maximum Gasteiger partial charge on any atom is 0.334 e. The minimum atomic E-state index is -0.968. The lowest BCUT2D eigenvalue weighted by Crippen LogP contribution is -2.38. The van der Waals surface area contributed by atoms with Crippen molar-refractivity contribution in [1.82, 2.24) is 9.80 Å². The molecule has 7 heteroatoms. The van der Waals surface area contributed by atoms with Gasteiger partial charge in [0.25, 0.3) is 0 Å². The van der Waals surface area contributed by atoms with Gasteiger partial charge in [0.05, 0.1) is 0 Å². The Hall–Kier alpha value is -2.70. The van der Waals surface area contributed by atoms with E-state index in [2.05, 4.69) is 19.2 Å². The molecule has 128 valence electrons. The Balaban J connectivity index is 2.00. The number of carbonyl (C=O) groups excluding carboxylic acids is 4. The normalized spacial score (nSPS) is 15.9. The molecule has 1 aliphatic rings. The van der Waals surface area contributed by atoms with E-state index in [1.54, 1.807) is 19.1 Å². The second-order valence-electron chi connectivity index (χ2n) is 5.70. The highest BCUT2D eigenvalue weighted by atomic mass is 16.2. The van der Waals surface area contributed by atoms with Gasteiger partial charge in [-0.1, -0.05) is 26.0 Å². The average Bonchev–Trinajstić information content (AvgIpc) is 2.78. The molecule has 0 aliphatic carbocycles. The fourth-order valence-corrected chi connectivity index (χ4v) is 2.44. The third-order valence-electron chi connectivity index (χ3n) is 4.13. The van der Waals surface area contributed by atoms with Crippen LogP contribution in [0.4, 0.5) is 10.5 Å². The van der Waals surface area contributed by atoms with Crippen molar-refractivity contribution in [3.63, 3.8) is 0 Å². The fraction of sp³-hybridized carbons (Fsp3) is 0.412. The van der Waals surface area contributed by atoms with Gasteiger partial charge >= 0.3 is 17.8 Å². The molecule has 7 nitrogen and oxygen atoms in total. The molecule has 0 saturated carbocycles. The highest BCUT2D eigenvalue weighted by Gasteiger charge is 2.44. The van der Waals surface area contributed by atoms with Crippen LogP contribution in [0.3, 0.4) is 0 Å². The number of nitrogens with zero attached hydrogens (tertiary/aromatic N) is 2. The minimum Gasteiger partial charge on any atom is -0.325 e. The number of amides is 5. The summed E-state index contributed by atoms with van der Waals surface area (Å²) in [5.74, 6) is -1.96. The highest BCUT2D eigenvalue weighted by molar-refractivity contribution is 6.45. The summed E-state index contributed by atoms with van der Waals surface area (Å²) in [4.78, 5) is 48.8. The summed E-state index contributed by atoms with van der Waals surface area (Å²) >= 11 is 0. The first-order valence-electron chi connectivity index (χ1n) is 7.96. The average molecular weight is 331 g/mol. The largest absolute Gasteiger partial charge is 0.334 e. The van der Waals surface area contributed by atoms with E-state index in [9.17, 15) is 19.2 Å². The van der Waals surface area contributed by atoms with E-state index in [0.29, 0.717) is 16.5 Å². The Kier molecular flexibility index (Phi) is 5.33. The number of urea groups is 1. The molecule has 1 heterocycles. The molecule has 2 rings (SSSR count). The van der Waals surface area contributed by atoms with Gasteiger partial charge in [0.15, 0.2) is 0 Å². The zero-order chi connectivity index (χ0) is 17.9. The fourth-order valence-electron chi connectivity index (χ4n) is 2.44. The topological polar surface area (TPSA) is 86.8 Å². The first-order chi connectivity index (χ1) is 11.4. The third kappa shape index (κ3) is 3.45. The number of anilines is 1. The van der Waals surface area contributed by atoms with Crippen LogP contribution in [0.15, 0.2) is 24.3 Å². The van der Waals surface area contributed by atoms with Crippen LogP contribution in [0.5, 0.6) is 0 Å². The molecule has 0 radical (unpaired) electrons. The summed E-state index contributed by atoms with van der Waals surface area (Å²) in [5.41, 5.74) is 1.74. The van der Waals surface area contributed by atoms with E-state index >= 15 is 0 Å². The van der Waals surface area contributed by atoms with Crippen molar-refractivity contribution in [2.75, 3.05) is 18.4 Å². The van der Waals surface area contributed by atoms with Crippen molar-refractivity contribution >= 4 is 29.4 Å². The molecule has 0 unspecified atom stereocenters. The van der Waals surface area contributed by atoms with Crippen LogP contribution in [0.2, 0.25) is 0 Å². The molecular weight excluding hydrogens is 310 g/mol. The summed E-state index contributed by atoms with van der Waals surface area (Å²) < 4.78 is 0. The molecular formula is C17H21N3O4. The number of nitrogens with one attached hydrogen (secondary N) is 1. The summed E-state index contributed by atoms with van der Waals surface area (Å²) in [7, 11) is 0. The van der Waals surface area contributed by atoms with Crippen LogP contribution < -0.4 is 5.32 Å². The Morgan fingerprint density at radius 1 is 1.04 bits per heavy atom. The van der Waals surface area contributed by atoms with Gasteiger partial charge in [-0.15, -0.1) is 0 Å². The first kappa shape index (κ1) is 17.7. The number of hydrogen-bond donors (Lipinski definition) is 1. The lowest BCUT2D eigenvalue weighted by atomic mass is 9.99. The molecule has 5 amide bonds. The molecule has 1 aromatic carbocycles. The van der Waals surface area contributed by atoms with Crippen LogP contribution in [-0.2, 0) is 14.4 Å². The lowest BCUT2D eigenvalue weighted by molar-refractivity contribution is -0.143. The number of carbonyl (C=O) groups is 4. The van der Waals surface area contributed by atoms with E-state index in [0.717, 1.165) is 11.3 Å². The van der Waals surface area contributed by atoms with Gasteiger partial charge in [-0.05, 0) is 37.0 Å². The second-order valence-corrected chi connectivity index (χ2v) is 5.70. The molecule has 1 atom stereocenters. The highest BCUT2D eigenvalue weighted by Crippen LogP contribution is 2.20. The maximum atomic E-state index is 12.0. The molecule has 1 saturated heterocycles. The minimum absolute atomic E-state index is 0.0958. The number of imide groups is 2. The Labute approximate surface area is 140 Å². The van der Waals surface area contributed by atoms with Gasteiger partial charge in [-0.25, -0.2) is 9.69 Å². The van der Waals surface area contributed by atoms with E-state index in [1.807, 2.05) is 12.1 Å². The van der Waals surface area contributed by atoms with Crippen molar-refractivity contribution in [2.24, 2.45) is 0 Å². The number of hydrogen-bond acceptors (Lipinski definition) is 4. The van der Waals surface area contributed by atoms with Crippen molar-refractivity contribution in [2.45, 2.75) is 33.1 Å². The monoisotopic (exact) mass is 331 g/mol. The zero-order valence-electron chi connectivity index (χ0n) is 14.0. The van der Waals surface area contributed by atoms with Crippen molar-refractivity contribution < 1.29 is 19.2 Å². The zero-order valence-corrected chi connectivity index (χ0v) is 14.0. The SMILES string of the molecule is CC[C@@H](C)c1ccc(NC(=O)CN2C(=O)C(=O)N(CC)C2=O)cc1. The van der Waals surface area contributed by atoms with Crippen LogP contribution in [0.1, 0.15) is 38.7 Å². The van der Waals surface area contributed by atoms with E-state index in [4.69, 9.17) is 0 Å². The lowest BCUT2D eigenvalue weighted by Gasteiger charge is -2.14. The van der Waals surface area contributed by atoms with Crippen LogP contribution in [-0.4, -0.2) is 46.6 Å². The molecule has 0 bridgehead atoms. The van der Waals surface area contributed by atoms with Crippen molar-refractivity contribution in [3.8, 4) is 0 Å². The van der Waals surface area contributed by atoms with Crippen LogP contribution >= 0.6 is 0 Å². The van der Waals surface area contributed by atoms with Gasteiger partial charge in [-0.2, -0.15) is 0 Å².